The third-order valence-corrected chi connectivity index (χ3v) is 5.19. The molecule has 0 saturated heterocycles. The van der Waals surface area contributed by atoms with Crippen LogP contribution in [0.1, 0.15) is 11.1 Å². The Morgan fingerprint density at radius 2 is 1.79 bits per heavy atom. The number of fused-ring (bicyclic) bond motifs is 1. The normalized spacial score (nSPS) is 11.7. The molecule has 0 aliphatic rings. The summed E-state index contributed by atoms with van der Waals surface area (Å²) in [5.41, 5.74) is -1.28. The molecule has 170 valence electrons. The van der Waals surface area contributed by atoms with Crippen molar-refractivity contribution in [3.05, 3.63) is 81.9 Å². The summed E-state index contributed by atoms with van der Waals surface area (Å²) in [5.74, 6) is -1.23. The van der Waals surface area contributed by atoms with E-state index in [0.717, 1.165) is 15.3 Å². The van der Waals surface area contributed by atoms with E-state index in [1.807, 2.05) is 0 Å². The molecule has 0 radical (unpaired) electrons. The zero-order chi connectivity index (χ0) is 23.9. The Balaban J connectivity index is 1.85. The molecule has 2 heterocycles. The summed E-state index contributed by atoms with van der Waals surface area (Å²) in [4.78, 5) is 25.3. The van der Waals surface area contributed by atoms with Crippen molar-refractivity contribution in [1.82, 2.24) is 14.3 Å². The first-order valence-corrected chi connectivity index (χ1v) is 9.85. The second kappa shape index (κ2) is 8.19. The summed E-state index contributed by atoms with van der Waals surface area (Å²) < 4.78 is 57.4. The quantitative estimate of drug-likeness (QED) is 0.458. The predicted molar refractivity (Wildman–Crippen MR) is 115 cm³/mol. The topological polar surface area (TPSA) is 68.9 Å². The van der Waals surface area contributed by atoms with Gasteiger partial charge in [-0.2, -0.15) is 18.3 Å². The lowest BCUT2D eigenvalue weighted by atomic mass is 10.0. The molecule has 0 saturated carbocycles. The van der Waals surface area contributed by atoms with Crippen molar-refractivity contribution in [2.45, 2.75) is 19.6 Å². The standard InChI is InChI=1S/C23H18F4N4O2/c1-13-8-9-15(10-17(13)24)28-18(32)12-31-19(33)11-16(23(25,26)27)20-21(29-30(2)22(20)31)14-6-4-3-5-7-14/h3-11H,12H2,1-2H3,(H,28,32). The van der Waals surface area contributed by atoms with Crippen LogP contribution in [0.3, 0.4) is 0 Å². The summed E-state index contributed by atoms with van der Waals surface area (Å²) in [5, 5.41) is 6.40. The lowest BCUT2D eigenvalue weighted by Crippen LogP contribution is -2.30. The minimum absolute atomic E-state index is 0.0372. The minimum Gasteiger partial charge on any atom is -0.324 e. The van der Waals surface area contributed by atoms with Gasteiger partial charge in [0.2, 0.25) is 5.91 Å². The monoisotopic (exact) mass is 458 g/mol. The van der Waals surface area contributed by atoms with Crippen LogP contribution < -0.4 is 10.9 Å². The maximum absolute atomic E-state index is 13.9. The molecular formula is C23H18F4N4O2. The van der Waals surface area contributed by atoms with Crippen LogP contribution in [0.2, 0.25) is 0 Å². The van der Waals surface area contributed by atoms with E-state index in [9.17, 15) is 27.2 Å². The van der Waals surface area contributed by atoms with Gasteiger partial charge in [0.05, 0.1) is 10.9 Å². The zero-order valence-electron chi connectivity index (χ0n) is 17.6. The van der Waals surface area contributed by atoms with Gasteiger partial charge in [0.1, 0.15) is 23.7 Å². The Hall–Kier alpha value is -3.95. The molecule has 0 atom stereocenters. The van der Waals surface area contributed by atoms with Gasteiger partial charge in [-0.3, -0.25) is 18.8 Å². The maximum Gasteiger partial charge on any atom is 0.417 e. The summed E-state index contributed by atoms with van der Waals surface area (Å²) >= 11 is 0. The first-order valence-electron chi connectivity index (χ1n) is 9.85. The third kappa shape index (κ3) is 4.23. The maximum atomic E-state index is 13.9. The number of nitrogens with zero attached hydrogens (tertiary/aromatic N) is 3. The molecule has 1 amide bonds. The highest BCUT2D eigenvalue weighted by molar-refractivity contribution is 5.96. The number of carbonyl (C=O) groups is 1. The average molecular weight is 458 g/mol. The lowest BCUT2D eigenvalue weighted by Gasteiger charge is -2.14. The second-order valence-electron chi connectivity index (χ2n) is 7.53. The molecule has 33 heavy (non-hydrogen) atoms. The molecular weight excluding hydrogens is 440 g/mol. The van der Waals surface area contributed by atoms with E-state index in [4.69, 9.17) is 0 Å². The van der Waals surface area contributed by atoms with Crippen molar-refractivity contribution in [3.8, 4) is 11.3 Å². The molecule has 2 aromatic carbocycles. The van der Waals surface area contributed by atoms with E-state index in [2.05, 4.69) is 10.4 Å². The fourth-order valence-electron chi connectivity index (χ4n) is 3.64. The fraction of sp³-hybridized carbons (Fsp3) is 0.174. The number of halogens is 4. The van der Waals surface area contributed by atoms with Crippen LogP contribution in [0.25, 0.3) is 22.3 Å². The Kier molecular flexibility index (Phi) is 5.52. The Bertz CT molecular complexity index is 1420. The summed E-state index contributed by atoms with van der Waals surface area (Å²) in [7, 11) is 1.40. The van der Waals surface area contributed by atoms with Crippen LogP contribution in [-0.4, -0.2) is 20.3 Å². The highest BCUT2D eigenvalue weighted by atomic mass is 19.4. The Morgan fingerprint density at radius 3 is 2.42 bits per heavy atom. The number of aryl methyl sites for hydroxylation is 2. The summed E-state index contributed by atoms with van der Waals surface area (Å²) in [6.07, 6.45) is -4.81. The average Bonchev–Trinajstić information content (AvgIpc) is 3.09. The van der Waals surface area contributed by atoms with Gasteiger partial charge in [0.15, 0.2) is 0 Å². The number of anilines is 1. The Morgan fingerprint density at radius 1 is 1.09 bits per heavy atom. The van der Waals surface area contributed by atoms with Gasteiger partial charge in [0, 0.05) is 24.4 Å². The molecule has 0 aliphatic heterocycles. The molecule has 2 aromatic heterocycles. The largest absolute Gasteiger partial charge is 0.417 e. The molecule has 0 fully saturated rings. The van der Waals surface area contributed by atoms with Gasteiger partial charge in [0.25, 0.3) is 5.56 Å². The van der Waals surface area contributed by atoms with Crippen molar-refractivity contribution >= 4 is 22.6 Å². The van der Waals surface area contributed by atoms with Crippen molar-refractivity contribution in [2.24, 2.45) is 7.05 Å². The molecule has 0 spiro atoms. The fourth-order valence-corrected chi connectivity index (χ4v) is 3.64. The number of rotatable bonds is 4. The molecule has 4 aromatic rings. The van der Waals surface area contributed by atoms with Crippen molar-refractivity contribution < 1.29 is 22.4 Å². The number of carbonyl (C=O) groups excluding carboxylic acids is 1. The number of hydrogen-bond acceptors (Lipinski definition) is 3. The van der Waals surface area contributed by atoms with Crippen LogP contribution in [0.5, 0.6) is 0 Å². The predicted octanol–water partition coefficient (Wildman–Crippen LogP) is 4.51. The van der Waals surface area contributed by atoms with E-state index < -0.39 is 35.6 Å². The van der Waals surface area contributed by atoms with E-state index in [0.29, 0.717) is 17.2 Å². The smallest absolute Gasteiger partial charge is 0.324 e. The molecule has 1 N–H and O–H groups in total. The second-order valence-corrected chi connectivity index (χ2v) is 7.53. The number of benzene rings is 2. The highest BCUT2D eigenvalue weighted by Crippen LogP contribution is 2.38. The first-order chi connectivity index (χ1) is 15.6. The van der Waals surface area contributed by atoms with E-state index in [1.54, 1.807) is 37.3 Å². The molecule has 0 unspecified atom stereocenters. The Labute approximate surface area is 185 Å². The number of pyridine rings is 1. The number of alkyl halides is 3. The number of nitrogens with one attached hydrogen (secondary N) is 1. The van der Waals surface area contributed by atoms with Gasteiger partial charge >= 0.3 is 6.18 Å². The van der Waals surface area contributed by atoms with Gasteiger partial charge in [-0.1, -0.05) is 36.4 Å². The van der Waals surface area contributed by atoms with Crippen LogP contribution in [0.15, 0.2) is 59.4 Å². The first kappa shape index (κ1) is 22.3. The number of hydrogen-bond donors (Lipinski definition) is 1. The van der Waals surface area contributed by atoms with E-state index in [-0.39, 0.29) is 22.4 Å². The SMILES string of the molecule is Cc1ccc(NC(=O)Cn2c(=O)cc(C(F)(F)F)c3c(-c4ccccc4)nn(C)c32)cc1F. The summed E-state index contributed by atoms with van der Waals surface area (Å²) in [6, 6.07) is 12.8. The van der Waals surface area contributed by atoms with Crippen LogP contribution >= 0.6 is 0 Å². The summed E-state index contributed by atoms with van der Waals surface area (Å²) in [6.45, 7) is 0.975. The van der Waals surface area contributed by atoms with Crippen LogP contribution in [-0.2, 0) is 24.6 Å². The molecule has 0 bridgehead atoms. The number of aromatic nitrogens is 3. The van der Waals surface area contributed by atoms with E-state index >= 15 is 0 Å². The minimum atomic E-state index is -4.81. The lowest BCUT2D eigenvalue weighted by molar-refractivity contribution is -0.136. The third-order valence-electron chi connectivity index (χ3n) is 5.19. The highest BCUT2D eigenvalue weighted by Gasteiger charge is 2.37. The molecule has 0 aliphatic carbocycles. The van der Waals surface area contributed by atoms with Crippen LogP contribution in [0, 0.1) is 12.7 Å². The number of amides is 1. The van der Waals surface area contributed by atoms with Gasteiger partial charge in [-0.25, -0.2) is 4.39 Å². The van der Waals surface area contributed by atoms with Crippen molar-refractivity contribution in [1.29, 1.82) is 0 Å². The van der Waals surface area contributed by atoms with E-state index in [1.165, 1.54) is 19.2 Å². The molecule has 10 heteroatoms. The van der Waals surface area contributed by atoms with Crippen LogP contribution in [0.4, 0.5) is 23.2 Å². The molecule has 6 nitrogen and oxygen atoms in total. The zero-order valence-corrected chi connectivity index (χ0v) is 17.6. The van der Waals surface area contributed by atoms with Gasteiger partial charge < -0.3 is 5.32 Å². The van der Waals surface area contributed by atoms with Gasteiger partial charge in [-0.15, -0.1) is 0 Å². The van der Waals surface area contributed by atoms with Crippen molar-refractivity contribution in [2.75, 3.05) is 5.32 Å². The molecule has 4 rings (SSSR count). The van der Waals surface area contributed by atoms with Crippen molar-refractivity contribution in [3.63, 3.8) is 0 Å². The van der Waals surface area contributed by atoms with Gasteiger partial charge in [-0.05, 0) is 24.6 Å².